The third-order valence-electron chi connectivity index (χ3n) is 2.74. The lowest BCUT2D eigenvalue weighted by molar-refractivity contribution is -0.154. The van der Waals surface area contributed by atoms with Gasteiger partial charge >= 0.3 is 5.97 Å². The summed E-state index contributed by atoms with van der Waals surface area (Å²) >= 11 is 0. The second-order valence-corrected chi connectivity index (χ2v) is 3.47. The summed E-state index contributed by atoms with van der Waals surface area (Å²) in [5.74, 6) is 4.51. The van der Waals surface area contributed by atoms with Gasteiger partial charge in [0.15, 0.2) is 0 Å². The molecule has 0 aromatic carbocycles. The fourth-order valence-electron chi connectivity index (χ4n) is 1.83. The van der Waals surface area contributed by atoms with Gasteiger partial charge in [-0.2, -0.15) is 0 Å². The molecule has 3 nitrogen and oxygen atoms in total. The summed E-state index contributed by atoms with van der Waals surface area (Å²) in [6, 6.07) is 0. The van der Waals surface area contributed by atoms with E-state index in [0.29, 0.717) is 12.8 Å². The topological polar surface area (TPSA) is 57.5 Å². The summed E-state index contributed by atoms with van der Waals surface area (Å²) in [5, 5.41) is 18.6. The highest BCUT2D eigenvalue weighted by Crippen LogP contribution is 2.41. The molecule has 0 radical (unpaired) electrons. The average molecular weight is 182 g/mol. The van der Waals surface area contributed by atoms with Crippen molar-refractivity contribution in [3.8, 4) is 11.8 Å². The number of hydrogen-bond acceptors (Lipinski definition) is 2. The van der Waals surface area contributed by atoms with Gasteiger partial charge in [0, 0.05) is 6.42 Å². The van der Waals surface area contributed by atoms with Crippen molar-refractivity contribution in [3.63, 3.8) is 0 Å². The van der Waals surface area contributed by atoms with Crippen LogP contribution in [-0.2, 0) is 4.79 Å². The van der Waals surface area contributed by atoms with Crippen molar-refractivity contribution >= 4 is 5.97 Å². The monoisotopic (exact) mass is 182 g/mol. The molecule has 0 saturated heterocycles. The van der Waals surface area contributed by atoms with Crippen LogP contribution in [0.25, 0.3) is 0 Å². The lowest BCUT2D eigenvalue weighted by Gasteiger charge is -2.25. The highest BCUT2D eigenvalue weighted by Gasteiger charge is 2.48. The minimum absolute atomic E-state index is 0.264. The molecule has 0 aliphatic heterocycles. The van der Waals surface area contributed by atoms with Gasteiger partial charge in [0.1, 0.15) is 5.41 Å². The van der Waals surface area contributed by atoms with Crippen molar-refractivity contribution < 1.29 is 15.0 Å². The number of hydrogen-bond donors (Lipinski definition) is 2. The van der Waals surface area contributed by atoms with Crippen LogP contribution < -0.4 is 0 Å². The summed E-state index contributed by atoms with van der Waals surface area (Å²) in [7, 11) is 0. The number of aliphatic hydroxyl groups is 1. The smallest absolute Gasteiger partial charge is 0.313 e. The largest absolute Gasteiger partial charge is 0.481 e. The predicted molar refractivity (Wildman–Crippen MR) is 48.0 cm³/mol. The quantitative estimate of drug-likeness (QED) is 0.627. The summed E-state index contributed by atoms with van der Waals surface area (Å²) in [5.41, 5.74) is -0.997. The maximum atomic E-state index is 11.0. The van der Waals surface area contributed by atoms with Crippen LogP contribution in [0.4, 0.5) is 0 Å². The van der Waals surface area contributed by atoms with Crippen LogP contribution in [0.15, 0.2) is 0 Å². The van der Waals surface area contributed by atoms with Crippen LogP contribution in [0.1, 0.15) is 32.6 Å². The van der Waals surface area contributed by atoms with Gasteiger partial charge in [-0.05, 0) is 26.2 Å². The molecular weight excluding hydrogens is 168 g/mol. The molecule has 1 aliphatic carbocycles. The van der Waals surface area contributed by atoms with Crippen molar-refractivity contribution in [2.75, 3.05) is 0 Å². The summed E-state index contributed by atoms with van der Waals surface area (Å²) in [6.07, 6.45) is 1.43. The molecule has 2 N–H and O–H groups in total. The van der Waals surface area contributed by atoms with E-state index in [1.54, 1.807) is 6.92 Å². The Bertz CT molecular complexity index is 261. The third kappa shape index (κ3) is 1.68. The Morgan fingerprint density at radius 2 is 2.38 bits per heavy atom. The summed E-state index contributed by atoms with van der Waals surface area (Å²) in [4.78, 5) is 11.0. The van der Waals surface area contributed by atoms with Gasteiger partial charge in [-0.3, -0.25) is 4.79 Å². The fourth-order valence-corrected chi connectivity index (χ4v) is 1.83. The van der Waals surface area contributed by atoms with Crippen molar-refractivity contribution in [2.45, 2.75) is 38.7 Å². The lowest BCUT2D eigenvalue weighted by Crippen LogP contribution is -2.37. The molecule has 13 heavy (non-hydrogen) atoms. The Hall–Kier alpha value is -1.01. The zero-order valence-electron chi connectivity index (χ0n) is 7.71. The zero-order valence-corrected chi connectivity index (χ0v) is 7.71. The first kappa shape index (κ1) is 10.1. The number of aliphatic hydroxyl groups excluding tert-OH is 1. The van der Waals surface area contributed by atoms with E-state index in [1.807, 2.05) is 0 Å². The van der Waals surface area contributed by atoms with Gasteiger partial charge in [-0.25, -0.2) is 0 Å². The van der Waals surface area contributed by atoms with Crippen LogP contribution in [0, 0.1) is 17.3 Å². The second-order valence-electron chi connectivity index (χ2n) is 3.47. The van der Waals surface area contributed by atoms with Gasteiger partial charge in [0.25, 0.3) is 0 Å². The van der Waals surface area contributed by atoms with Crippen molar-refractivity contribution in [1.82, 2.24) is 0 Å². The Labute approximate surface area is 77.8 Å². The fraction of sp³-hybridized carbons (Fsp3) is 0.700. The van der Waals surface area contributed by atoms with Crippen LogP contribution >= 0.6 is 0 Å². The van der Waals surface area contributed by atoms with Crippen LogP contribution in [0.3, 0.4) is 0 Å². The first-order valence-electron chi connectivity index (χ1n) is 4.44. The first-order chi connectivity index (χ1) is 6.13. The Morgan fingerprint density at radius 3 is 2.77 bits per heavy atom. The van der Waals surface area contributed by atoms with E-state index in [2.05, 4.69) is 11.8 Å². The third-order valence-corrected chi connectivity index (χ3v) is 2.74. The lowest BCUT2D eigenvalue weighted by atomic mass is 9.81. The standard InChI is InChI=1S/C10H14O3/c1-2-3-6-10(9(12)13)7-4-5-8(10)11/h8,11H,4-7H2,1H3,(H,12,13)/t8-,10+/m0/s1. The minimum atomic E-state index is -0.997. The molecule has 3 heteroatoms. The number of aliphatic carboxylic acids is 1. The molecule has 1 saturated carbocycles. The van der Waals surface area contributed by atoms with Crippen LogP contribution in [0.5, 0.6) is 0 Å². The van der Waals surface area contributed by atoms with E-state index < -0.39 is 17.5 Å². The molecule has 0 spiro atoms. The van der Waals surface area contributed by atoms with E-state index in [0.717, 1.165) is 6.42 Å². The average Bonchev–Trinajstić information content (AvgIpc) is 2.45. The molecule has 0 bridgehead atoms. The van der Waals surface area contributed by atoms with Gasteiger partial charge < -0.3 is 10.2 Å². The second kappa shape index (κ2) is 3.80. The van der Waals surface area contributed by atoms with Gasteiger partial charge in [-0.15, -0.1) is 11.8 Å². The van der Waals surface area contributed by atoms with Crippen LogP contribution in [0.2, 0.25) is 0 Å². The molecule has 0 aromatic heterocycles. The van der Waals surface area contributed by atoms with E-state index in [4.69, 9.17) is 5.11 Å². The minimum Gasteiger partial charge on any atom is -0.481 e. The summed E-state index contributed by atoms with van der Waals surface area (Å²) < 4.78 is 0. The van der Waals surface area contributed by atoms with E-state index in [9.17, 15) is 9.90 Å². The van der Waals surface area contributed by atoms with E-state index in [1.165, 1.54) is 0 Å². The zero-order chi connectivity index (χ0) is 9.90. The van der Waals surface area contributed by atoms with Crippen molar-refractivity contribution in [2.24, 2.45) is 5.41 Å². The number of carboxylic acid groups (broad SMARTS) is 1. The highest BCUT2D eigenvalue weighted by molar-refractivity contribution is 5.76. The maximum absolute atomic E-state index is 11.0. The Kier molecular flexibility index (Phi) is 2.94. The number of carbonyl (C=O) groups is 1. The number of rotatable bonds is 2. The van der Waals surface area contributed by atoms with E-state index in [-0.39, 0.29) is 6.42 Å². The van der Waals surface area contributed by atoms with Gasteiger partial charge in [0.05, 0.1) is 6.10 Å². The first-order valence-corrected chi connectivity index (χ1v) is 4.44. The van der Waals surface area contributed by atoms with Gasteiger partial charge in [0.2, 0.25) is 0 Å². The maximum Gasteiger partial charge on any atom is 0.313 e. The summed E-state index contributed by atoms with van der Waals surface area (Å²) in [6.45, 7) is 1.68. The van der Waals surface area contributed by atoms with Crippen molar-refractivity contribution in [1.29, 1.82) is 0 Å². The molecule has 0 amide bonds. The van der Waals surface area contributed by atoms with E-state index >= 15 is 0 Å². The SMILES string of the molecule is CC#CC[C@@]1(C(=O)O)CCC[C@@H]1O. The molecular formula is C10H14O3. The molecule has 0 heterocycles. The molecule has 1 aliphatic rings. The van der Waals surface area contributed by atoms with Gasteiger partial charge in [-0.1, -0.05) is 0 Å². The van der Waals surface area contributed by atoms with Crippen molar-refractivity contribution in [3.05, 3.63) is 0 Å². The Balaban J connectivity index is 2.84. The molecule has 0 aromatic rings. The molecule has 0 unspecified atom stereocenters. The normalized spacial score (nSPS) is 32.3. The highest BCUT2D eigenvalue weighted by atomic mass is 16.4. The van der Waals surface area contributed by atoms with Crippen LogP contribution in [-0.4, -0.2) is 22.3 Å². The molecule has 72 valence electrons. The molecule has 2 atom stereocenters. The molecule has 1 rings (SSSR count). The predicted octanol–water partition coefficient (Wildman–Crippen LogP) is 1.02. The Morgan fingerprint density at radius 1 is 1.69 bits per heavy atom. The molecule has 1 fully saturated rings. The number of carboxylic acids is 1.